The molecule has 100 valence electrons. The zero-order valence-electron chi connectivity index (χ0n) is 11.3. The third-order valence-corrected chi connectivity index (χ3v) is 3.69. The fraction of sp³-hybridized carbons (Fsp3) is 0.600. The fourth-order valence-corrected chi connectivity index (χ4v) is 2.39. The van der Waals surface area contributed by atoms with Crippen molar-refractivity contribution in [3.05, 3.63) is 29.8 Å². The average Bonchev–Trinajstić information content (AvgIpc) is 2.81. The molecule has 1 aromatic carbocycles. The average molecular weight is 249 g/mol. The van der Waals surface area contributed by atoms with E-state index in [0.29, 0.717) is 5.92 Å². The van der Waals surface area contributed by atoms with Crippen LogP contribution in [0.5, 0.6) is 5.75 Å². The van der Waals surface area contributed by atoms with E-state index in [0.717, 1.165) is 38.4 Å². The van der Waals surface area contributed by atoms with Gasteiger partial charge < -0.3 is 9.84 Å². The van der Waals surface area contributed by atoms with E-state index in [2.05, 4.69) is 24.0 Å². The van der Waals surface area contributed by atoms with Crippen molar-refractivity contribution in [1.82, 2.24) is 4.90 Å². The van der Waals surface area contributed by atoms with E-state index in [4.69, 9.17) is 4.74 Å². The van der Waals surface area contributed by atoms with Crippen molar-refractivity contribution in [3.8, 4) is 5.75 Å². The molecule has 1 fully saturated rings. The number of ether oxygens (including phenoxy) is 1. The third kappa shape index (κ3) is 3.72. The number of hydrogen-bond acceptors (Lipinski definition) is 3. The molecule has 0 amide bonds. The highest BCUT2D eigenvalue weighted by Crippen LogP contribution is 2.19. The Morgan fingerprint density at radius 1 is 1.39 bits per heavy atom. The summed E-state index contributed by atoms with van der Waals surface area (Å²) in [5, 5.41) is 9.54. The number of likely N-dealkylation sites (tertiary alicyclic amines) is 1. The molecule has 0 saturated carbocycles. The van der Waals surface area contributed by atoms with Gasteiger partial charge >= 0.3 is 0 Å². The van der Waals surface area contributed by atoms with Crippen molar-refractivity contribution >= 4 is 0 Å². The molecule has 3 heteroatoms. The molecular weight excluding hydrogens is 226 g/mol. The van der Waals surface area contributed by atoms with Crippen LogP contribution in [0, 0.1) is 12.8 Å². The van der Waals surface area contributed by atoms with Crippen LogP contribution >= 0.6 is 0 Å². The van der Waals surface area contributed by atoms with Gasteiger partial charge in [0.15, 0.2) is 0 Å². The maximum atomic E-state index is 9.54. The van der Waals surface area contributed by atoms with Gasteiger partial charge in [-0.3, -0.25) is 4.90 Å². The highest BCUT2D eigenvalue weighted by atomic mass is 16.5. The van der Waals surface area contributed by atoms with Crippen molar-refractivity contribution < 1.29 is 9.84 Å². The lowest BCUT2D eigenvalue weighted by molar-refractivity contribution is 0.125. The van der Waals surface area contributed by atoms with Crippen LogP contribution < -0.4 is 4.74 Å². The van der Waals surface area contributed by atoms with Gasteiger partial charge in [0.1, 0.15) is 12.4 Å². The molecule has 2 unspecified atom stereocenters. The fourth-order valence-electron chi connectivity index (χ4n) is 2.39. The minimum Gasteiger partial charge on any atom is -0.492 e. The lowest BCUT2D eigenvalue weighted by Crippen LogP contribution is -2.28. The van der Waals surface area contributed by atoms with Gasteiger partial charge in [-0.1, -0.05) is 17.7 Å². The number of aliphatic hydroxyl groups is 1. The molecule has 18 heavy (non-hydrogen) atoms. The molecule has 0 spiro atoms. The Morgan fingerprint density at radius 2 is 2.11 bits per heavy atom. The van der Waals surface area contributed by atoms with E-state index in [-0.39, 0.29) is 6.10 Å². The first-order valence-electron chi connectivity index (χ1n) is 6.75. The first-order chi connectivity index (χ1) is 8.65. The Balaban J connectivity index is 1.68. The minimum atomic E-state index is -0.187. The molecule has 0 bridgehead atoms. The maximum Gasteiger partial charge on any atom is 0.119 e. The Labute approximate surface area is 109 Å². The van der Waals surface area contributed by atoms with Crippen LogP contribution in [0.3, 0.4) is 0 Å². The number of aliphatic hydroxyl groups excluding tert-OH is 1. The summed E-state index contributed by atoms with van der Waals surface area (Å²) in [6.45, 7) is 7.69. The van der Waals surface area contributed by atoms with E-state index in [9.17, 15) is 5.11 Å². The molecule has 0 aliphatic carbocycles. The second-order valence-corrected chi connectivity index (χ2v) is 5.25. The smallest absolute Gasteiger partial charge is 0.119 e. The Bertz CT molecular complexity index is 361. The summed E-state index contributed by atoms with van der Waals surface area (Å²) < 4.78 is 5.71. The van der Waals surface area contributed by atoms with Gasteiger partial charge in [0, 0.05) is 13.1 Å². The second-order valence-electron chi connectivity index (χ2n) is 5.25. The van der Waals surface area contributed by atoms with Crippen LogP contribution in [0.4, 0.5) is 0 Å². The van der Waals surface area contributed by atoms with Crippen LogP contribution in [0.15, 0.2) is 24.3 Å². The van der Waals surface area contributed by atoms with E-state index < -0.39 is 0 Å². The molecule has 1 saturated heterocycles. The van der Waals surface area contributed by atoms with Gasteiger partial charge in [-0.25, -0.2) is 0 Å². The summed E-state index contributed by atoms with van der Waals surface area (Å²) in [4.78, 5) is 2.37. The van der Waals surface area contributed by atoms with E-state index in [1.54, 1.807) is 0 Å². The normalized spacial score (nSPS) is 22.1. The highest BCUT2D eigenvalue weighted by molar-refractivity contribution is 5.26. The largest absolute Gasteiger partial charge is 0.492 e. The van der Waals surface area contributed by atoms with Gasteiger partial charge in [-0.2, -0.15) is 0 Å². The molecule has 1 N–H and O–H groups in total. The topological polar surface area (TPSA) is 32.7 Å². The molecule has 1 aliphatic heterocycles. The van der Waals surface area contributed by atoms with E-state index in [1.807, 2.05) is 19.1 Å². The zero-order valence-corrected chi connectivity index (χ0v) is 11.3. The Hall–Kier alpha value is -1.06. The molecule has 3 nitrogen and oxygen atoms in total. The number of benzene rings is 1. The standard InChI is InChI=1S/C15H23NO2/c1-12-3-5-15(6-4-12)18-10-9-16-8-7-14(11-16)13(2)17/h3-6,13-14,17H,7-11H2,1-2H3. The Morgan fingerprint density at radius 3 is 2.72 bits per heavy atom. The van der Waals surface area contributed by atoms with Crippen molar-refractivity contribution in [2.24, 2.45) is 5.92 Å². The van der Waals surface area contributed by atoms with Crippen LogP contribution in [0.25, 0.3) is 0 Å². The van der Waals surface area contributed by atoms with Crippen LogP contribution in [-0.4, -0.2) is 42.4 Å². The maximum absolute atomic E-state index is 9.54. The van der Waals surface area contributed by atoms with Crippen molar-refractivity contribution in [2.75, 3.05) is 26.2 Å². The Kier molecular flexibility index (Phi) is 4.61. The third-order valence-electron chi connectivity index (χ3n) is 3.69. The molecule has 0 radical (unpaired) electrons. The van der Waals surface area contributed by atoms with Crippen LogP contribution in [0.2, 0.25) is 0 Å². The zero-order chi connectivity index (χ0) is 13.0. The summed E-state index contributed by atoms with van der Waals surface area (Å²) >= 11 is 0. The molecule has 2 rings (SSSR count). The lowest BCUT2D eigenvalue weighted by Gasteiger charge is -2.17. The molecule has 1 aromatic rings. The predicted molar refractivity (Wildman–Crippen MR) is 72.9 cm³/mol. The first-order valence-corrected chi connectivity index (χ1v) is 6.75. The highest BCUT2D eigenvalue weighted by Gasteiger charge is 2.25. The van der Waals surface area contributed by atoms with Crippen molar-refractivity contribution in [3.63, 3.8) is 0 Å². The SMILES string of the molecule is Cc1ccc(OCCN2CCC(C(C)O)C2)cc1. The number of aryl methyl sites for hydroxylation is 1. The van der Waals surface area contributed by atoms with Gasteiger partial charge in [0.2, 0.25) is 0 Å². The summed E-state index contributed by atoms with van der Waals surface area (Å²) in [5.74, 6) is 1.37. The summed E-state index contributed by atoms with van der Waals surface area (Å²) in [6, 6.07) is 8.15. The molecule has 2 atom stereocenters. The van der Waals surface area contributed by atoms with Gasteiger partial charge in [0.05, 0.1) is 6.10 Å². The lowest BCUT2D eigenvalue weighted by atomic mass is 10.0. The molecular formula is C15H23NO2. The van der Waals surface area contributed by atoms with E-state index >= 15 is 0 Å². The molecule has 1 aliphatic rings. The molecule has 1 heterocycles. The first kappa shape index (κ1) is 13.4. The summed E-state index contributed by atoms with van der Waals surface area (Å²) in [6.07, 6.45) is 0.912. The van der Waals surface area contributed by atoms with Crippen LogP contribution in [-0.2, 0) is 0 Å². The summed E-state index contributed by atoms with van der Waals surface area (Å²) in [5.41, 5.74) is 1.25. The van der Waals surface area contributed by atoms with Gasteiger partial charge in [-0.15, -0.1) is 0 Å². The molecule has 0 aromatic heterocycles. The van der Waals surface area contributed by atoms with E-state index in [1.165, 1.54) is 5.56 Å². The van der Waals surface area contributed by atoms with Crippen molar-refractivity contribution in [1.29, 1.82) is 0 Å². The predicted octanol–water partition coefficient (Wildman–Crippen LogP) is 2.08. The number of hydrogen-bond donors (Lipinski definition) is 1. The minimum absolute atomic E-state index is 0.187. The van der Waals surface area contributed by atoms with Gasteiger partial charge in [0.25, 0.3) is 0 Å². The number of rotatable bonds is 5. The second kappa shape index (κ2) is 6.21. The monoisotopic (exact) mass is 249 g/mol. The quantitative estimate of drug-likeness (QED) is 0.867. The van der Waals surface area contributed by atoms with Crippen molar-refractivity contribution in [2.45, 2.75) is 26.4 Å². The van der Waals surface area contributed by atoms with Crippen LogP contribution in [0.1, 0.15) is 18.9 Å². The number of nitrogens with zero attached hydrogens (tertiary/aromatic N) is 1. The van der Waals surface area contributed by atoms with Gasteiger partial charge in [-0.05, 0) is 44.9 Å². The summed E-state index contributed by atoms with van der Waals surface area (Å²) in [7, 11) is 0.